The summed E-state index contributed by atoms with van der Waals surface area (Å²) < 4.78 is 0. The summed E-state index contributed by atoms with van der Waals surface area (Å²) in [4.78, 5) is 18.8. The topological polar surface area (TPSA) is 45.2 Å². The van der Waals surface area contributed by atoms with E-state index in [0.717, 1.165) is 48.7 Å². The van der Waals surface area contributed by atoms with E-state index in [0.29, 0.717) is 12.3 Å². The summed E-state index contributed by atoms with van der Waals surface area (Å²) in [5, 5.41) is 3.48. The number of aromatic nitrogens is 1. The van der Waals surface area contributed by atoms with Crippen molar-refractivity contribution in [1.82, 2.24) is 9.88 Å². The molecule has 0 aliphatic carbocycles. The summed E-state index contributed by atoms with van der Waals surface area (Å²) in [5.41, 5.74) is 5.48. The zero-order valence-corrected chi connectivity index (χ0v) is 15.4. The molecule has 1 aliphatic heterocycles. The minimum atomic E-state index is 0.246. The molecule has 1 N–H and O–H groups in total. The van der Waals surface area contributed by atoms with Crippen LogP contribution in [0.15, 0.2) is 36.4 Å². The number of anilines is 2. The average Bonchev–Trinajstić information content (AvgIpc) is 2.62. The van der Waals surface area contributed by atoms with Gasteiger partial charge in [-0.25, -0.2) is 0 Å². The number of piperidine rings is 1. The molecular weight excluding hydrogens is 310 g/mol. The van der Waals surface area contributed by atoms with E-state index in [1.54, 1.807) is 0 Å². The molecule has 0 bridgehead atoms. The van der Waals surface area contributed by atoms with Gasteiger partial charge >= 0.3 is 0 Å². The van der Waals surface area contributed by atoms with Crippen molar-refractivity contribution in [2.45, 2.75) is 46.0 Å². The SMILES string of the molecule is CCC(=O)N1CCC[C@H](c2cc(Nc3ccc(C)cc3)cc(C)n2)C1. The van der Waals surface area contributed by atoms with E-state index in [2.05, 4.69) is 48.6 Å². The van der Waals surface area contributed by atoms with Crippen LogP contribution in [0.1, 0.15) is 49.1 Å². The predicted molar refractivity (Wildman–Crippen MR) is 102 cm³/mol. The van der Waals surface area contributed by atoms with Gasteiger partial charge in [-0.05, 0) is 51.0 Å². The molecule has 0 radical (unpaired) electrons. The van der Waals surface area contributed by atoms with Crippen molar-refractivity contribution in [3.63, 3.8) is 0 Å². The van der Waals surface area contributed by atoms with E-state index in [1.165, 1.54) is 5.56 Å². The summed E-state index contributed by atoms with van der Waals surface area (Å²) in [7, 11) is 0. The van der Waals surface area contributed by atoms with Gasteiger partial charge in [0, 0.05) is 48.2 Å². The second-order valence-corrected chi connectivity index (χ2v) is 6.95. The van der Waals surface area contributed by atoms with E-state index in [4.69, 9.17) is 4.98 Å². The number of carbonyl (C=O) groups excluding carboxylic acids is 1. The van der Waals surface area contributed by atoms with Crippen LogP contribution >= 0.6 is 0 Å². The van der Waals surface area contributed by atoms with Gasteiger partial charge in [-0.2, -0.15) is 0 Å². The first-order chi connectivity index (χ1) is 12.0. The summed E-state index contributed by atoms with van der Waals surface area (Å²) in [6.07, 6.45) is 2.72. The molecule has 1 fully saturated rings. The normalized spacial score (nSPS) is 17.4. The van der Waals surface area contributed by atoms with Crippen LogP contribution in [0.4, 0.5) is 11.4 Å². The van der Waals surface area contributed by atoms with Crippen LogP contribution < -0.4 is 5.32 Å². The molecule has 25 heavy (non-hydrogen) atoms. The molecule has 1 saturated heterocycles. The third kappa shape index (κ3) is 4.38. The Balaban J connectivity index is 1.79. The lowest BCUT2D eigenvalue weighted by Gasteiger charge is -2.32. The molecule has 0 unspecified atom stereocenters. The first kappa shape index (κ1) is 17.5. The average molecular weight is 337 g/mol. The highest BCUT2D eigenvalue weighted by Crippen LogP contribution is 2.29. The van der Waals surface area contributed by atoms with Crippen molar-refractivity contribution >= 4 is 17.3 Å². The first-order valence-corrected chi connectivity index (χ1v) is 9.15. The van der Waals surface area contributed by atoms with Crippen LogP contribution in [0, 0.1) is 13.8 Å². The molecule has 1 aromatic heterocycles. The maximum absolute atomic E-state index is 12.0. The zero-order chi connectivity index (χ0) is 17.8. The molecule has 2 heterocycles. The highest BCUT2D eigenvalue weighted by Gasteiger charge is 2.25. The summed E-state index contributed by atoms with van der Waals surface area (Å²) in [6, 6.07) is 12.6. The third-order valence-corrected chi connectivity index (χ3v) is 4.81. The number of amides is 1. The number of aryl methyl sites for hydroxylation is 2. The van der Waals surface area contributed by atoms with Crippen LogP contribution in [0.25, 0.3) is 0 Å². The van der Waals surface area contributed by atoms with E-state index in [9.17, 15) is 4.79 Å². The van der Waals surface area contributed by atoms with Gasteiger partial charge < -0.3 is 10.2 Å². The van der Waals surface area contributed by atoms with Gasteiger partial charge in [0.25, 0.3) is 0 Å². The molecule has 1 aliphatic rings. The second-order valence-electron chi connectivity index (χ2n) is 6.95. The fourth-order valence-corrected chi connectivity index (χ4v) is 3.45. The van der Waals surface area contributed by atoms with Crippen LogP contribution in [0.3, 0.4) is 0 Å². The Morgan fingerprint density at radius 2 is 1.96 bits per heavy atom. The van der Waals surface area contributed by atoms with Crippen LogP contribution in [-0.2, 0) is 4.79 Å². The van der Waals surface area contributed by atoms with Crippen LogP contribution in [-0.4, -0.2) is 28.9 Å². The van der Waals surface area contributed by atoms with Crippen molar-refractivity contribution in [1.29, 1.82) is 0 Å². The summed E-state index contributed by atoms with van der Waals surface area (Å²) in [6.45, 7) is 7.71. The van der Waals surface area contributed by atoms with Crippen molar-refractivity contribution < 1.29 is 4.79 Å². The third-order valence-electron chi connectivity index (χ3n) is 4.81. The minimum absolute atomic E-state index is 0.246. The number of nitrogens with zero attached hydrogens (tertiary/aromatic N) is 2. The Labute approximate surface area is 150 Å². The van der Waals surface area contributed by atoms with Gasteiger partial charge in [-0.3, -0.25) is 9.78 Å². The lowest BCUT2D eigenvalue weighted by atomic mass is 9.93. The van der Waals surface area contributed by atoms with E-state index in [1.807, 2.05) is 18.7 Å². The maximum atomic E-state index is 12.0. The molecule has 3 rings (SSSR count). The Kier molecular flexibility index (Phi) is 5.37. The lowest BCUT2D eigenvalue weighted by Crippen LogP contribution is -2.38. The largest absolute Gasteiger partial charge is 0.355 e. The number of likely N-dealkylation sites (tertiary alicyclic amines) is 1. The van der Waals surface area contributed by atoms with Gasteiger partial charge in [-0.15, -0.1) is 0 Å². The van der Waals surface area contributed by atoms with Crippen molar-refractivity contribution in [2.24, 2.45) is 0 Å². The fourth-order valence-electron chi connectivity index (χ4n) is 3.45. The van der Waals surface area contributed by atoms with Crippen molar-refractivity contribution in [3.8, 4) is 0 Å². The predicted octanol–water partition coefficient (Wildman–Crippen LogP) is 4.56. The molecule has 0 spiro atoms. The molecule has 4 heteroatoms. The Morgan fingerprint density at radius 3 is 2.68 bits per heavy atom. The first-order valence-electron chi connectivity index (χ1n) is 9.15. The molecule has 4 nitrogen and oxygen atoms in total. The molecule has 1 aromatic carbocycles. The highest BCUT2D eigenvalue weighted by atomic mass is 16.2. The maximum Gasteiger partial charge on any atom is 0.222 e. The Hall–Kier alpha value is -2.36. The molecule has 1 amide bonds. The minimum Gasteiger partial charge on any atom is -0.355 e. The quantitative estimate of drug-likeness (QED) is 0.889. The van der Waals surface area contributed by atoms with E-state index in [-0.39, 0.29) is 5.91 Å². The molecule has 1 atom stereocenters. The van der Waals surface area contributed by atoms with Gasteiger partial charge in [-0.1, -0.05) is 24.6 Å². The number of benzene rings is 1. The van der Waals surface area contributed by atoms with Gasteiger partial charge in [0.05, 0.1) is 0 Å². The smallest absolute Gasteiger partial charge is 0.222 e. The summed E-state index contributed by atoms with van der Waals surface area (Å²) in [5.74, 6) is 0.568. The van der Waals surface area contributed by atoms with Crippen LogP contribution in [0.2, 0.25) is 0 Å². The Morgan fingerprint density at radius 1 is 1.20 bits per heavy atom. The van der Waals surface area contributed by atoms with Gasteiger partial charge in [0.2, 0.25) is 5.91 Å². The van der Waals surface area contributed by atoms with Crippen molar-refractivity contribution in [3.05, 3.63) is 53.3 Å². The molecule has 2 aromatic rings. The van der Waals surface area contributed by atoms with E-state index < -0.39 is 0 Å². The van der Waals surface area contributed by atoms with Crippen molar-refractivity contribution in [2.75, 3.05) is 18.4 Å². The summed E-state index contributed by atoms with van der Waals surface area (Å²) >= 11 is 0. The number of rotatable bonds is 4. The van der Waals surface area contributed by atoms with Crippen LogP contribution in [0.5, 0.6) is 0 Å². The second kappa shape index (κ2) is 7.68. The van der Waals surface area contributed by atoms with E-state index >= 15 is 0 Å². The number of carbonyl (C=O) groups is 1. The fraction of sp³-hybridized carbons (Fsp3) is 0.429. The Bertz CT molecular complexity index is 739. The van der Waals surface area contributed by atoms with Gasteiger partial charge in [0.15, 0.2) is 0 Å². The standard InChI is InChI=1S/C21H27N3O/c1-4-21(25)24-11-5-6-17(14-24)20-13-19(12-16(3)22-20)23-18-9-7-15(2)8-10-18/h7-10,12-13,17H,4-6,11,14H2,1-3H3,(H,22,23)/t17-/m0/s1. The molecule has 0 saturated carbocycles. The number of pyridine rings is 1. The zero-order valence-electron chi connectivity index (χ0n) is 15.4. The molecular formula is C21H27N3O. The molecule has 132 valence electrons. The number of hydrogen-bond acceptors (Lipinski definition) is 3. The highest BCUT2D eigenvalue weighted by molar-refractivity contribution is 5.76. The number of hydrogen-bond donors (Lipinski definition) is 1. The van der Waals surface area contributed by atoms with Gasteiger partial charge in [0.1, 0.15) is 0 Å². The monoisotopic (exact) mass is 337 g/mol. The number of nitrogens with one attached hydrogen (secondary N) is 1. The lowest BCUT2D eigenvalue weighted by molar-refractivity contribution is -0.132.